The molecular weight excluding hydrogens is 202 g/mol. The van der Waals surface area contributed by atoms with Crippen molar-refractivity contribution in [2.75, 3.05) is 0 Å². The molecule has 1 N–H and O–H groups in total. The van der Waals surface area contributed by atoms with Crippen molar-refractivity contribution >= 4 is 21.9 Å². The van der Waals surface area contributed by atoms with Gasteiger partial charge in [0.25, 0.3) is 0 Å². The minimum atomic E-state index is -0.910. The van der Waals surface area contributed by atoms with E-state index in [1.807, 2.05) is 0 Å². The summed E-state index contributed by atoms with van der Waals surface area (Å²) in [6.45, 7) is 0. The second-order valence-electron chi connectivity index (χ2n) is 1.78. The molecule has 0 heterocycles. The van der Waals surface area contributed by atoms with Crippen molar-refractivity contribution in [1.29, 1.82) is 0 Å². The van der Waals surface area contributed by atoms with Gasteiger partial charge in [-0.25, -0.2) is 4.79 Å². The zero-order valence-electron chi connectivity index (χ0n) is 5.04. The average molecular weight is 207 g/mol. The van der Waals surface area contributed by atoms with E-state index in [1.165, 1.54) is 0 Å². The molecule has 0 aliphatic rings. The van der Waals surface area contributed by atoms with Gasteiger partial charge in [-0.15, -0.1) is 0 Å². The molecule has 0 amide bonds. The number of rotatable bonds is 1. The number of hydrogen-bond donors (Lipinski definition) is 1. The molecular formula is C7H5BrO2. The summed E-state index contributed by atoms with van der Waals surface area (Å²) in [5, 5.41) is 8.54. The molecule has 0 saturated carbocycles. The summed E-state index contributed by atoms with van der Waals surface area (Å²) in [7, 11) is 0. The van der Waals surface area contributed by atoms with Crippen molar-refractivity contribution in [2.24, 2.45) is 0 Å². The Morgan fingerprint density at radius 2 is 2.00 bits per heavy atom. The van der Waals surface area contributed by atoms with E-state index in [4.69, 9.17) is 5.11 Å². The summed E-state index contributed by atoms with van der Waals surface area (Å²) in [4.78, 5) is 10.4. The monoisotopic (exact) mass is 206 g/mol. The molecule has 0 saturated heterocycles. The third-order valence-corrected chi connectivity index (χ3v) is 1.80. The van der Waals surface area contributed by atoms with E-state index in [9.17, 15) is 4.79 Å². The van der Waals surface area contributed by atoms with Gasteiger partial charge in [-0.3, -0.25) is 0 Å². The maximum Gasteiger partial charge on any atom is 0.336 e. The third kappa shape index (κ3) is 1.36. The Kier molecular flexibility index (Phi) is 2.06. The molecule has 1 aromatic carbocycles. The predicted molar refractivity (Wildman–Crippen MR) is 41.1 cm³/mol. The van der Waals surface area contributed by atoms with Gasteiger partial charge in [-0.1, -0.05) is 12.1 Å². The maximum atomic E-state index is 10.4. The molecule has 52 valence electrons. The Morgan fingerprint density at radius 1 is 1.40 bits per heavy atom. The lowest BCUT2D eigenvalue weighted by molar-refractivity contribution is 0.0696. The molecule has 3 heteroatoms. The highest BCUT2D eigenvalue weighted by molar-refractivity contribution is 9.10. The normalized spacial score (nSPS) is 9.30. The molecule has 0 aliphatic carbocycles. The van der Waals surface area contributed by atoms with E-state index in [-0.39, 0.29) is 0 Å². The van der Waals surface area contributed by atoms with Crippen molar-refractivity contribution in [3.8, 4) is 0 Å². The van der Waals surface area contributed by atoms with E-state index in [0.29, 0.717) is 10.0 Å². The summed E-state index contributed by atoms with van der Waals surface area (Å²) in [5.74, 6) is -0.910. The summed E-state index contributed by atoms with van der Waals surface area (Å²) in [6.07, 6.45) is 0. The van der Waals surface area contributed by atoms with Crippen molar-refractivity contribution in [1.82, 2.24) is 0 Å². The van der Waals surface area contributed by atoms with E-state index in [0.717, 1.165) is 0 Å². The first-order chi connectivity index (χ1) is 4.72. The van der Waals surface area contributed by atoms with Crippen LogP contribution < -0.4 is 0 Å². The second kappa shape index (κ2) is 2.84. The van der Waals surface area contributed by atoms with Crippen LogP contribution in [0.25, 0.3) is 0 Å². The number of carbonyl (C=O) groups is 1. The molecule has 1 rings (SSSR count). The van der Waals surface area contributed by atoms with Crippen molar-refractivity contribution in [3.63, 3.8) is 0 Å². The predicted octanol–water partition coefficient (Wildman–Crippen LogP) is 2.15. The van der Waals surface area contributed by atoms with Crippen LogP contribution in [0.5, 0.6) is 0 Å². The average Bonchev–Trinajstić information content (AvgIpc) is 1.88. The largest absolute Gasteiger partial charge is 0.478 e. The Balaban J connectivity index is 3.15. The fraction of sp³-hybridized carbons (Fsp3) is 0. The fourth-order valence-electron chi connectivity index (χ4n) is 0.635. The van der Waals surface area contributed by atoms with Crippen LogP contribution in [0.15, 0.2) is 28.7 Å². The quantitative estimate of drug-likeness (QED) is 0.765. The van der Waals surface area contributed by atoms with Gasteiger partial charge in [0.05, 0.1) is 5.56 Å². The number of aromatic carboxylic acids is 1. The molecule has 0 bridgehead atoms. The molecule has 0 aromatic heterocycles. The number of carboxylic acid groups (broad SMARTS) is 1. The lowest BCUT2D eigenvalue weighted by Gasteiger charge is -1.94. The number of benzene rings is 1. The van der Waals surface area contributed by atoms with Gasteiger partial charge in [0.15, 0.2) is 0 Å². The van der Waals surface area contributed by atoms with Crippen LogP contribution in [0.2, 0.25) is 0 Å². The van der Waals surface area contributed by atoms with Crippen LogP contribution in [-0.2, 0) is 0 Å². The van der Waals surface area contributed by atoms with Gasteiger partial charge in [-0.2, -0.15) is 0 Å². The molecule has 0 fully saturated rings. The summed E-state index contributed by atoms with van der Waals surface area (Å²) >= 11 is 3.12. The first kappa shape index (κ1) is 7.28. The summed E-state index contributed by atoms with van der Waals surface area (Å²) in [6, 6.07) is 6.71. The zero-order valence-corrected chi connectivity index (χ0v) is 6.63. The second-order valence-corrected chi connectivity index (χ2v) is 2.64. The lowest BCUT2D eigenvalue weighted by atomic mass is 10.9. The van der Waals surface area contributed by atoms with E-state index in [1.54, 1.807) is 24.3 Å². The molecule has 0 radical (unpaired) electrons. The van der Waals surface area contributed by atoms with Gasteiger partial charge < -0.3 is 5.11 Å². The molecule has 10 heavy (non-hydrogen) atoms. The number of hydrogen-bond acceptors (Lipinski definition) is 1. The van der Waals surface area contributed by atoms with Crippen LogP contribution in [0.1, 0.15) is 10.4 Å². The van der Waals surface area contributed by atoms with Crippen molar-refractivity contribution in [3.05, 3.63) is 34.3 Å². The summed E-state index contributed by atoms with van der Waals surface area (Å²) in [5.41, 5.74) is 0.294. The first-order valence-corrected chi connectivity index (χ1v) is 3.49. The third-order valence-electron chi connectivity index (χ3n) is 1.10. The number of halogens is 1. The lowest BCUT2D eigenvalue weighted by Crippen LogP contribution is -1.95. The van der Waals surface area contributed by atoms with Crippen LogP contribution in [0.3, 0.4) is 0 Å². The first-order valence-electron chi connectivity index (χ1n) is 2.69. The molecule has 0 spiro atoms. The van der Waals surface area contributed by atoms with Gasteiger partial charge >= 0.3 is 5.97 Å². The SMILES string of the molecule is O=C(O)[13c]1[13cH][13cH][13cH][13cH][13c]1Br. The molecule has 1 aromatic rings. The topological polar surface area (TPSA) is 37.3 Å². The highest BCUT2D eigenvalue weighted by Gasteiger charge is 2.04. The van der Waals surface area contributed by atoms with E-state index < -0.39 is 5.97 Å². The zero-order chi connectivity index (χ0) is 7.56. The standard InChI is InChI=1S/C7H5BrO2/c8-6-4-2-1-3-5(6)7(9)10/h1-4H,(H,9,10)/i1+1,2+1,3+1,4+1,5+1,6+1. The maximum absolute atomic E-state index is 10.4. The van der Waals surface area contributed by atoms with E-state index >= 15 is 0 Å². The van der Waals surface area contributed by atoms with Crippen LogP contribution in [0, 0.1) is 0 Å². The number of carboxylic acids is 1. The highest BCUT2D eigenvalue weighted by atomic mass is 79.9. The van der Waals surface area contributed by atoms with Gasteiger partial charge in [0.1, 0.15) is 0 Å². The molecule has 0 unspecified atom stereocenters. The smallest absolute Gasteiger partial charge is 0.336 e. The van der Waals surface area contributed by atoms with Crippen LogP contribution >= 0.6 is 15.9 Å². The Labute approximate surface area is 66.6 Å². The van der Waals surface area contributed by atoms with Crippen LogP contribution in [0.4, 0.5) is 0 Å². The van der Waals surface area contributed by atoms with Gasteiger partial charge in [0, 0.05) is 4.47 Å². The Bertz CT molecular complexity index is 258. The Hall–Kier alpha value is -0.830. The fourth-order valence-corrected chi connectivity index (χ4v) is 1.09. The highest BCUT2D eigenvalue weighted by Crippen LogP contribution is 2.14. The Morgan fingerprint density at radius 3 is 2.40 bits per heavy atom. The van der Waals surface area contributed by atoms with Crippen LogP contribution in [-0.4, -0.2) is 11.1 Å². The molecule has 2 nitrogen and oxygen atoms in total. The summed E-state index contributed by atoms with van der Waals surface area (Å²) < 4.78 is 0.613. The van der Waals surface area contributed by atoms with Gasteiger partial charge in [-0.05, 0) is 28.1 Å². The van der Waals surface area contributed by atoms with Crippen molar-refractivity contribution < 1.29 is 9.90 Å². The molecule has 0 aliphatic heterocycles. The molecule has 0 atom stereocenters. The minimum Gasteiger partial charge on any atom is -0.478 e. The minimum absolute atomic E-state index is 0.294. The van der Waals surface area contributed by atoms with Gasteiger partial charge in [0.2, 0.25) is 0 Å². The van der Waals surface area contributed by atoms with E-state index in [2.05, 4.69) is 15.9 Å². The van der Waals surface area contributed by atoms with Crippen molar-refractivity contribution in [2.45, 2.75) is 0 Å².